The number of benzene rings is 2. The Labute approximate surface area is 269 Å². The molecule has 1 aromatic heterocycles. The van der Waals surface area contributed by atoms with E-state index < -0.39 is 15.9 Å². The van der Waals surface area contributed by atoms with Crippen LogP contribution < -0.4 is 14.4 Å². The Morgan fingerprint density at radius 3 is 2.22 bits per heavy atom. The monoisotopic (exact) mass is 647 g/mol. The minimum absolute atomic E-state index is 0.0358. The van der Waals surface area contributed by atoms with Gasteiger partial charge in [-0.3, -0.25) is 9.59 Å². The maximum absolute atomic E-state index is 13.3. The molecule has 0 unspecified atom stereocenters. The zero-order valence-corrected chi connectivity index (χ0v) is 27.4. The predicted molar refractivity (Wildman–Crippen MR) is 177 cm³/mol. The van der Waals surface area contributed by atoms with E-state index in [9.17, 15) is 18.0 Å². The average Bonchev–Trinajstić information content (AvgIpc) is 3.50. The van der Waals surface area contributed by atoms with Gasteiger partial charge in [-0.1, -0.05) is 12.1 Å². The maximum atomic E-state index is 13.3. The fraction of sp³-hybridized carbons (Fsp3) is 0.486. The second kappa shape index (κ2) is 12.1. The van der Waals surface area contributed by atoms with Crippen LogP contribution in [0.1, 0.15) is 65.5 Å². The molecule has 0 atom stereocenters. The van der Waals surface area contributed by atoms with Crippen molar-refractivity contribution in [3.05, 3.63) is 70.4 Å². The Kier molecular flexibility index (Phi) is 8.14. The molecule has 2 amide bonds. The Hall–Kier alpha value is -3.37. The van der Waals surface area contributed by atoms with Gasteiger partial charge in [0.15, 0.2) is 0 Å². The summed E-state index contributed by atoms with van der Waals surface area (Å²) >= 11 is 1.46. The van der Waals surface area contributed by atoms with Crippen molar-refractivity contribution in [3.8, 4) is 16.9 Å². The molecule has 1 aliphatic heterocycles. The molecule has 1 saturated heterocycles. The number of rotatable bonds is 9. The van der Waals surface area contributed by atoms with Crippen LogP contribution in [-0.4, -0.2) is 63.7 Å². The number of amides is 2. The van der Waals surface area contributed by atoms with Crippen LogP contribution in [0, 0.1) is 23.2 Å². The maximum Gasteiger partial charge on any atom is 0.264 e. The number of piperazine rings is 1. The number of anilines is 1. The van der Waals surface area contributed by atoms with Crippen LogP contribution in [0.2, 0.25) is 0 Å². The van der Waals surface area contributed by atoms with Crippen molar-refractivity contribution >= 4 is 38.9 Å². The van der Waals surface area contributed by atoms with Gasteiger partial charge >= 0.3 is 0 Å². The minimum atomic E-state index is -3.73. The van der Waals surface area contributed by atoms with Crippen LogP contribution in [0.3, 0.4) is 0 Å². The molecule has 2 heterocycles. The number of hydrogen-bond acceptors (Lipinski definition) is 7. The molecular formula is C35H41N3O5S2. The molecule has 4 aliphatic carbocycles. The third kappa shape index (κ3) is 6.49. The molecule has 5 aliphatic rings. The fourth-order valence-corrected chi connectivity index (χ4v) is 11.3. The summed E-state index contributed by atoms with van der Waals surface area (Å²) in [4.78, 5) is 31.1. The molecule has 238 valence electrons. The highest BCUT2D eigenvalue weighted by atomic mass is 32.2. The van der Waals surface area contributed by atoms with Gasteiger partial charge in [0.1, 0.15) is 5.75 Å². The lowest BCUT2D eigenvalue weighted by Gasteiger charge is -2.56. The van der Waals surface area contributed by atoms with Crippen molar-refractivity contribution in [2.75, 3.05) is 43.4 Å². The molecular weight excluding hydrogens is 607 g/mol. The van der Waals surface area contributed by atoms with Crippen molar-refractivity contribution in [2.45, 2.75) is 45.4 Å². The summed E-state index contributed by atoms with van der Waals surface area (Å²) in [5.41, 5.74) is 3.16. The normalized spacial score (nSPS) is 25.8. The number of sulfonamides is 1. The van der Waals surface area contributed by atoms with Crippen LogP contribution >= 0.6 is 11.3 Å². The van der Waals surface area contributed by atoms with Crippen LogP contribution in [0.25, 0.3) is 11.1 Å². The highest BCUT2D eigenvalue weighted by molar-refractivity contribution is 7.90. The van der Waals surface area contributed by atoms with E-state index in [1.807, 2.05) is 59.7 Å². The van der Waals surface area contributed by atoms with Gasteiger partial charge in [-0.2, -0.15) is 0 Å². The summed E-state index contributed by atoms with van der Waals surface area (Å²) < 4.78 is 34.3. The van der Waals surface area contributed by atoms with E-state index in [4.69, 9.17) is 4.74 Å². The molecule has 3 aromatic rings. The first-order chi connectivity index (χ1) is 21.7. The van der Waals surface area contributed by atoms with Gasteiger partial charge in [0.25, 0.3) is 11.8 Å². The second-order valence-corrected chi connectivity index (χ2v) is 16.2. The lowest BCUT2D eigenvalue weighted by atomic mass is 9.50. The van der Waals surface area contributed by atoms with Crippen molar-refractivity contribution in [2.24, 2.45) is 23.2 Å². The molecule has 2 aromatic carbocycles. The van der Waals surface area contributed by atoms with Crippen molar-refractivity contribution in [1.82, 2.24) is 9.62 Å². The second-order valence-electron chi connectivity index (χ2n) is 13.6. The lowest BCUT2D eigenvalue weighted by Crippen LogP contribution is -2.51. The highest BCUT2D eigenvalue weighted by Crippen LogP contribution is 2.60. The summed E-state index contributed by atoms with van der Waals surface area (Å²) in [5, 5.41) is 2.01. The quantitative estimate of drug-likeness (QED) is 0.304. The van der Waals surface area contributed by atoms with E-state index >= 15 is 0 Å². The van der Waals surface area contributed by atoms with Crippen molar-refractivity contribution < 1.29 is 22.7 Å². The Balaban J connectivity index is 0.922. The van der Waals surface area contributed by atoms with Gasteiger partial charge < -0.3 is 14.5 Å². The third-order valence-electron chi connectivity index (χ3n) is 10.3. The topological polar surface area (TPSA) is 96.0 Å². The van der Waals surface area contributed by atoms with E-state index in [0.717, 1.165) is 41.8 Å². The fourth-order valence-electron chi connectivity index (χ4n) is 8.79. The van der Waals surface area contributed by atoms with E-state index in [0.29, 0.717) is 61.0 Å². The summed E-state index contributed by atoms with van der Waals surface area (Å²) in [7, 11) is -3.73. The predicted octanol–water partition coefficient (Wildman–Crippen LogP) is 6.05. The Bertz CT molecular complexity index is 1640. The van der Waals surface area contributed by atoms with Crippen LogP contribution in [0.5, 0.6) is 5.75 Å². The SMILES string of the molecule is CCOc1cccc(-c2csc(C(=O)N3CCN(c4ccc(C(=O)NS(=O)(=O)CC56CC7CC(CC(C7)C5)C6)cc4)CC3)c2)c1. The zero-order chi connectivity index (χ0) is 31.2. The summed E-state index contributed by atoms with van der Waals surface area (Å²) in [6.45, 7) is 5.10. The van der Waals surface area contributed by atoms with Crippen LogP contribution in [-0.2, 0) is 10.0 Å². The molecule has 10 heteroatoms. The molecule has 8 rings (SSSR count). The third-order valence-corrected chi connectivity index (χ3v) is 12.7. The molecule has 45 heavy (non-hydrogen) atoms. The molecule has 4 saturated carbocycles. The standard InChI is InChI=1S/C35H41N3O5S2/c1-2-43-31-5-3-4-28(17-31)29-18-32(44-22-29)34(40)38-12-10-37(11-13-38)30-8-6-27(7-9-30)33(39)36-45(41,42)23-35-19-24-14-25(20-35)16-26(15-24)21-35/h3-9,17-18,22,24-26H,2,10-16,19-21,23H2,1H3,(H,36,39). The number of thiophene rings is 1. The number of hydrogen-bond donors (Lipinski definition) is 1. The van der Waals surface area contributed by atoms with Crippen molar-refractivity contribution in [3.63, 3.8) is 0 Å². The molecule has 8 nitrogen and oxygen atoms in total. The van der Waals surface area contributed by atoms with Crippen molar-refractivity contribution in [1.29, 1.82) is 0 Å². The van der Waals surface area contributed by atoms with Gasteiger partial charge in [0, 0.05) is 37.4 Å². The first-order valence-corrected chi connectivity index (χ1v) is 18.7. The van der Waals surface area contributed by atoms with Crippen LogP contribution in [0.15, 0.2) is 60.0 Å². The van der Waals surface area contributed by atoms with Gasteiger partial charge in [-0.25, -0.2) is 13.1 Å². The Morgan fingerprint density at radius 1 is 0.911 bits per heavy atom. The summed E-state index contributed by atoms with van der Waals surface area (Å²) in [5.74, 6) is 2.32. The van der Waals surface area contributed by atoms with Gasteiger partial charge in [-0.15, -0.1) is 11.3 Å². The number of ether oxygens (including phenoxy) is 1. The number of carbonyl (C=O) groups is 2. The number of nitrogens with one attached hydrogen (secondary N) is 1. The van der Waals surface area contributed by atoms with E-state index in [-0.39, 0.29) is 17.1 Å². The van der Waals surface area contributed by atoms with Crippen LogP contribution in [0.4, 0.5) is 5.69 Å². The molecule has 4 bridgehead atoms. The minimum Gasteiger partial charge on any atom is -0.494 e. The molecule has 1 N–H and O–H groups in total. The summed E-state index contributed by atoms with van der Waals surface area (Å²) in [6.07, 6.45) is 6.72. The molecule has 5 fully saturated rings. The van der Waals surface area contributed by atoms with E-state index in [1.165, 1.54) is 30.6 Å². The lowest BCUT2D eigenvalue weighted by molar-refractivity contribution is -0.0391. The largest absolute Gasteiger partial charge is 0.494 e. The van der Waals surface area contributed by atoms with E-state index in [2.05, 4.69) is 9.62 Å². The average molecular weight is 648 g/mol. The van der Waals surface area contributed by atoms with E-state index in [1.54, 1.807) is 12.1 Å². The molecule has 0 radical (unpaired) electrons. The van der Waals surface area contributed by atoms with Gasteiger partial charge in [0.2, 0.25) is 10.0 Å². The van der Waals surface area contributed by atoms with Gasteiger partial charge in [0.05, 0.1) is 17.2 Å². The first-order valence-electron chi connectivity index (χ1n) is 16.2. The van der Waals surface area contributed by atoms with Gasteiger partial charge in [-0.05, 0) is 128 Å². The Morgan fingerprint density at radius 2 is 1.58 bits per heavy atom. The highest BCUT2D eigenvalue weighted by Gasteiger charge is 2.52. The molecule has 0 spiro atoms. The zero-order valence-electron chi connectivity index (χ0n) is 25.7. The summed E-state index contributed by atoms with van der Waals surface area (Å²) in [6, 6.07) is 17.0. The first kappa shape index (κ1) is 30.3. The smallest absolute Gasteiger partial charge is 0.264 e. The number of carbonyl (C=O) groups excluding carboxylic acids is 2. The number of nitrogens with zero attached hydrogens (tertiary/aromatic N) is 2.